The third-order valence-electron chi connectivity index (χ3n) is 7.83. The van der Waals surface area contributed by atoms with Crippen LogP contribution in [-0.4, -0.2) is 55.1 Å². The molecule has 1 aliphatic rings. The molecule has 42 heavy (non-hydrogen) atoms. The van der Waals surface area contributed by atoms with Crippen molar-refractivity contribution in [3.63, 3.8) is 0 Å². The van der Waals surface area contributed by atoms with E-state index in [0.717, 1.165) is 79.9 Å². The second kappa shape index (κ2) is 14.3. The molecule has 2 N–H and O–H groups in total. The summed E-state index contributed by atoms with van der Waals surface area (Å²) in [6.07, 6.45) is 12.7. The van der Waals surface area contributed by atoms with Crippen LogP contribution in [0.25, 0.3) is 5.65 Å². The number of ether oxygens (including phenoxy) is 1. The minimum atomic E-state index is -0.721. The van der Waals surface area contributed by atoms with Gasteiger partial charge in [0.1, 0.15) is 11.6 Å². The van der Waals surface area contributed by atoms with Gasteiger partial charge in [0.05, 0.1) is 12.8 Å². The summed E-state index contributed by atoms with van der Waals surface area (Å²) in [6, 6.07) is 8.94. The Balaban J connectivity index is 1.16. The molecule has 4 aromatic heterocycles. The first-order chi connectivity index (χ1) is 20.6. The summed E-state index contributed by atoms with van der Waals surface area (Å²) >= 11 is 0. The molecule has 0 aromatic carbocycles. The molecule has 5 heterocycles. The van der Waals surface area contributed by atoms with Crippen molar-refractivity contribution in [2.24, 2.45) is 0 Å². The van der Waals surface area contributed by atoms with Gasteiger partial charge in [-0.25, -0.2) is 14.4 Å². The lowest BCUT2D eigenvalue weighted by Crippen LogP contribution is -2.40. The highest BCUT2D eigenvalue weighted by Gasteiger charge is 2.25. The third-order valence-corrected chi connectivity index (χ3v) is 7.83. The number of aliphatic hydroxyl groups is 1. The van der Waals surface area contributed by atoms with Crippen molar-refractivity contribution in [1.82, 2.24) is 24.1 Å². The van der Waals surface area contributed by atoms with E-state index in [0.29, 0.717) is 25.6 Å². The smallest absolute Gasteiger partial charge is 0.286 e. The number of piperidine rings is 1. The summed E-state index contributed by atoms with van der Waals surface area (Å²) in [6.45, 7) is 4.79. The van der Waals surface area contributed by atoms with Gasteiger partial charge >= 0.3 is 0 Å². The minimum absolute atomic E-state index is 0.174. The van der Waals surface area contributed by atoms with Crippen LogP contribution in [0.2, 0.25) is 0 Å². The number of nitrogens with one attached hydrogen (secondary N) is 1. The summed E-state index contributed by atoms with van der Waals surface area (Å²) in [5.41, 5.74) is 2.39. The Hall–Kier alpha value is -3.99. The van der Waals surface area contributed by atoms with Crippen molar-refractivity contribution in [3.05, 3.63) is 76.2 Å². The van der Waals surface area contributed by atoms with Crippen molar-refractivity contribution >= 4 is 17.3 Å². The standard InChI is InChI=1S/C31H40FN7O3/c1-2-24-22-35-39-27(19-28(36-30(24)39)38-16-6-4-9-25(38)13-17-40)33-20-23-11-12-29(34-21-23)42-18-7-3-5-14-37-15-8-10-26(32)31(37)41/h8,10-12,15,19,21-22,25,33,40H,2-7,9,13-14,16-18,20H2,1H3/t25-/m0/s1. The first kappa shape index (κ1) is 29.5. The molecule has 11 heteroatoms. The average molecular weight is 578 g/mol. The van der Waals surface area contributed by atoms with Crippen LogP contribution in [-0.2, 0) is 19.5 Å². The van der Waals surface area contributed by atoms with Gasteiger partial charge in [0.2, 0.25) is 5.88 Å². The lowest BCUT2D eigenvalue weighted by atomic mass is 9.99. The molecule has 1 saturated heterocycles. The number of pyridine rings is 2. The van der Waals surface area contributed by atoms with Crippen LogP contribution in [0, 0.1) is 5.82 Å². The molecule has 1 atom stereocenters. The Morgan fingerprint density at radius 3 is 2.88 bits per heavy atom. The highest BCUT2D eigenvalue weighted by atomic mass is 19.1. The maximum absolute atomic E-state index is 13.4. The zero-order valence-corrected chi connectivity index (χ0v) is 24.2. The molecule has 0 spiro atoms. The van der Waals surface area contributed by atoms with Gasteiger partial charge in [-0.3, -0.25) is 4.79 Å². The van der Waals surface area contributed by atoms with E-state index in [4.69, 9.17) is 9.72 Å². The van der Waals surface area contributed by atoms with Crippen molar-refractivity contribution in [2.75, 3.05) is 30.0 Å². The molecular weight excluding hydrogens is 537 g/mol. The Labute approximate surface area is 245 Å². The second-order valence-corrected chi connectivity index (χ2v) is 10.7. The number of halogens is 1. The molecule has 0 amide bonds. The SMILES string of the molecule is CCc1cnn2c(NCc3ccc(OCCCCCn4cccc(F)c4=O)nc3)cc(N3CCCC[C@H]3CCO)nc12. The number of anilines is 2. The van der Waals surface area contributed by atoms with Crippen LogP contribution in [0.5, 0.6) is 5.88 Å². The molecule has 0 bridgehead atoms. The topological polar surface area (TPSA) is 110 Å². The molecule has 1 aliphatic heterocycles. The van der Waals surface area contributed by atoms with E-state index < -0.39 is 11.4 Å². The van der Waals surface area contributed by atoms with Crippen molar-refractivity contribution in [2.45, 2.75) is 77.4 Å². The van der Waals surface area contributed by atoms with Crippen molar-refractivity contribution in [3.8, 4) is 5.88 Å². The van der Waals surface area contributed by atoms with E-state index in [1.54, 1.807) is 18.5 Å². The predicted molar refractivity (Wildman–Crippen MR) is 161 cm³/mol. The largest absolute Gasteiger partial charge is 0.478 e. The fraction of sp³-hybridized carbons (Fsp3) is 0.484. The van der Waals surface area contributed by atoms with Crippen LogP contribution >= 0.6 is 0 Å². The number of hydrogen-bond donors (Lipinski definition) is 2. The van der Waals surface area contributed by atoms with Crippen LogP contribution in [0.3, 0.4) is 0 Å². The quantitative estimate of drug-likeness (QED) is 0.210. The molecule has 10 nitrogen and oxygen atoms in total. The van der Waals surface area contributed by atoms with E-state index in [1.165, 1.54) is 17.1 Å². The normalized spacial score (nSPS) is 15.3. The summed E-state index contributed by atoms with van der Waals surface area (Å²) in [5.74, 6) is 1.63. The lowest BCUT2D eigenvalue weighted by molar-refractivity contribution is 0.262. The highest BCUT2D eigenvalue weighted by molar-refractivity contribution is 5.61. The highest BCUT2D eigenvalue weighted by Crippen LogP contribution is 2.29. The van der Waals surface area contributed by atoms with Gasteiger partial charge in [0.25, 0.3) is 5.56 Å². The summed E-state index contributed by atoms with van der Waals surface area (Å²) in [7, 11) is 0. The van der Waals surface area contributed by atoms with E-state index in [9.17, 15) is 14.3 Å². The Kier molecular flexibility index (Phi) is 10.0. The fourth-order valence-electron chi connectivity index (χ4n) is 5.48. The number of aliphatic hydroxyl groups excluding tert-OH is 1. The van der Waals surface area contributed by atoms with Gasteiger partial charge in [-0.2, -0.15) is 9.61 Å². The Morgan fingerprint density at radius 1 is 1.17 bits per heavy atom. The first-order valence-electron chi connectivity index (χ1n) is 15.0. The average Bonchev–Trinajstić information content (AvgIpc) is 3.44. The molecule has 5 rings (SSSR count). The number of unbranched alkanes of at least 4 members (excludes halogenated alkanes) is 2. The summed E-state index contributed by atoms with van der Waals surface area (Å²) in [5, 5.41) is 17.7. The molecule has 4 aromatic rings. The zero-order chi connectivity index (χ0) is 29.3. The van der Waals surface area contributed by atoms with Crippen molar-refractivity contribution in [1.29, 1.82) is 0 Å². The van der Waals surface area contributed by atoms with E-state index >= 15 is 0 Å². The molecule has 224 valence electrons. The van der Waals surface area contributed by atoms with E-state index in [-0.39, 0.29) is 12.6 Å². The number of aryl methyl sites for hydroxylation is 2. The molecule has 0 aliphatic carbocycles. The minimum Gasteiger partial charge on any atom is -0.478 e. The number of hydrogen-bond acceptors (Lipinski definition) is 8. The monoisotopic (exact) mass is 577 g/mol. The van der Waals surface area contributed by atoms with Gasteiger partial charge < -0.3 is 24.6 Å². The van der Waals surface area contributed by atoms with Crippen LogP contribution in [0.4, 0.5) is 16.0 Å². The number of rotatable bonds is 14. The van der Waals surface area contributed by atoms with Crippen LogP contribution in [0.1, 0.15) is 63.0 Å². The van der Waals surface area contributed by atoms with Gasteiger partial charge in [-0.05, 0) is 69.1 Å². The van der Waals surface area contributed by atoms with E-state index in [2.05, 4.69) is 33.3 Å². The Bertz CT molecular complexity index is 1500. The maximum Gasteiger partial charge on any atom is 0.286 e. The van der Waals surface area contributed by atoms with Crippen LogP contribution < -0.4 is 20.5 Å². The fourth-order valence-corrected chi connectivity index (χ4v) is 5.48. The molecule has 0 saturated carbocycles. The number of nitrogens with zero attached hydrogens (tertiary/aromatic N) is 6. The lowest BCUT2D eigenvalue weighted by Gasteiger charge is -2.36. The van der Waals surface area contributed by atoms with E-state index in [1.807, 2.05) is 22.8 Å². The Morgan fingerprint density at radius 2 is 2.07 bits per heavy atom. The molecule has 0 unspecified atom stereocenters. The first-order valence-corrected chi connectivity index (χ1v) is 15.0. The molecule has 1 fully saturated rings. The number of fused-ring (bicyclic) bond motifs is 1. The zero-order valence-electron chi connectivity index (χ0n) is 24.2. The van der Waals surface area contributed by atoms with Gasteiger partial charge in [-0.1, -0.05) is 13.0 Å². The third kappa shape index (κ3) is 7.07. The van der Waals surface area contributed by atoms with Gasteiger partial charge in [0, 0.05) is 62.4 Å². The second-order valence-electron chi connectivity index (χ2n) is 10.7. The summed E-state index contributed by atoms with van der Waals surface area (Å²) in [4.78, 5) is 23.6. The molecule has 0 radical (unpaired) electrons. The van der Waals surface area contributed by atoms with Crippen LogP contribution in [0.15, 0.2) is 53.7 Å². The summed E-state index contributed by atoms with van der Waals surface area (Å²) < 4.78 is 22.4. The van der Waals surface area contributed by atoms with Crippen molar-refractivity contribution < 1.29 is 14.2 Å². The van der Waals surface area contributed by atoms with Gasteiger partial charge in [-0.15, -0.1) is 0 Å². The maximum atomic E-state index is 13.4. The molecular formula is C31H40FN7O3. The predicted octanol–water partition coefficient (Wildman–Crippen LogP) is 4.59. The van der Waals surface area contributed by atoms with Gasteiger partial charge in [0.15, 0.2) is 11.5 Å². The number of aromatic nitrogens is 5.